The summed E-state index contributed by atoms with van der Waals surface area (Å²) in [7, 11) is -3.73. The second-order valence-corrected chi connectivity index (χ2v) is 10.7. The molecule has 1 aromatic carbocycles. The lowest BCUT2D eigenvalue weighted by Crippen LogP contribution is -2.57. The molecule has 3 N–H and O–H groups in total. The minimum Gasteiger partial charge on any atom is -0.355 e. The highest BCUT2D eigenvalue weighted by molar-refractivity contribution is 7.89. The van der Waals surface area contributed by atoms with Gasteiger partial charge in [0.1, 0.15) is 17.8 Å². The Morgan fingerprint density at radius 3 is 2.57 bits per heavy atom. The highest BCUT2D eigenvalue weighted by atomic mass is 32.2. The Kier molecular flexibility index (Phi) is 5.93. The van der Waals surface area contributed by atoms with Crippen molar-refractivity contribution in [3.8, 4) is 0 Å². The van der Waals surface area contributed by atoms with Crippen LogP contribution in [-0.4, -0.2) is 78.3 Å². The number of amides is 2. The Morgan fingerprint density at radius 1 is 1.09 bits per heavy atom. The minimum absolute atomic E-state index is 0.0714. The number of fused-ring (bicyclic) bond motifs is 1. The number of hydrogen-bond acceptors (Lipinski definition) is 7. The molecule has 11 nitrogen and oxygen atoms in total. The average Bonchev–Trinajstić information content (AvgIpc) is 3.42. The maximum Gasteiger partial charge on any atom is 0.254 e. The van der Waals surface area contributed by atoms with Crippen LogP contribution >= 0.6 is 0 Å². The molecule has 184 valence electrons. The predicted octanol–water partition coefficient (Wildman–Crippen LogP) is 0.867. The number of aromatic nitrogens is 3. The molecule has 3 aromatic rings. The minimum atomic E-state index is -3.73. The summed E-state index contributed by atoms with van der Waals surface area (Å²) in [5.41, 5.74) is 1.01. The van der Waals surface area contributed by atoms with E-state index in [1.54, 1.807) is 18.5 Å². The molecule has 2 fully saturated rings. The summed E-state index contributed by atoms with van der Waals surface area (Å²) in [4.78, 5) is 40.4. The van der Waals surface area contributed by atoms with Gasteiger partial charge in [-0.25, -0.2) is 23.1 Å². The van der Waals surface area contributed by atoms with Crippen molar-refractivity contribution in [1.29, 1.82) is 0 Å². The SMILES string of the molecule is CC(=O)NCCNS(=O)(=O)c1ccc(C(=O)N2CCN(c3ncnc4[nH]ccc34)CC23CC3)cc1. The molecular weight excluding hydrogens is 470 g/mol. The number of hydrogen-bond donors (Lipinski definition) is 3. The van der Waals surface area contributed by atoms with Gasteiger partial charge in [-0.3, -0.25) is 9.59 Å². The van der Waals surface area contributed by atoms with Gasteiger partial charge in [-0.2, -0.15) is 0 Å². The van der Waals surface area contributed by atoms with E-state index in [4.69, 9.17) is 0 Å². The lowest BCUT2D eigenvalue weighted by Gasteiger charge is -2.42. The number of piperazine rings is 1. The molecule has 1 saturated heterocycles. The van der Waals surface area contributed by atoms with E-state index in [0.29, 0.717) is 25.2 Å². The molecule has 12 heteroatoms. The van der Waals surface area contributed by atoms with E-state index >= 15 is 0 Å². The molecule has 35 heavy (non-hydrogen) atoms. The molecule has 0 radical (unpaired) electrons. The monoisotopic (exact) mass is 497 g/mol. The molecular formula is C23H27N7O4S. The Labute approximate surface area is 203 Å². The van der Waals surface area contributed by atoms with E-state index in [-0.39, 0.29) is 35.3 Å². The van der Waals surface area contributed by atoms with Crippen molar-refractivity contribution in [2.45, 2.75) is 30.2 Å². The molecule has 2 aliphatic rings. The van der Waals surface area contributed by atoms with Crippen LogP contribution in [-0.2, 0) is 14.8 Å². The summed E-state index contributed by atoms with van der Waals surface area (Å²) in [5.74, 6) is 0.547. The smallest absolute Gasteiger partial charge is 0.254 e. The van der Waals surface area contributed by atoms with Crippen LogP contribution in [0.25, 0.3) is 11.0 Å². The molecule has 1 aliphatic heterocycles. The quantitative estimate of drug-likeness (QED) is 0.411. The third-order valence-corrected chi connectivity index (χ3v) is 8.04. The second kappa shape index (κ2) is 8.93. The van der Waals surface area contributed by atoms with Gasteiger partial charge in [-0.15, -0.1) is 0 Å². The molecule has 0 unspecified atom stereocenters. The molecule has 1 aliphatic carbocycles. The molecule has 1 saturated carbocycles. The summed E-state index contributed by atoms with van der Waals surface area (Å²) in [6, 6.07) is 7.95. The number of rotatable bonds is 7. The number of H-pyrrole nitrogens is 1. The normalized spacial score (nSPS) is 17.1. The Morgan fingerprint density at radius 2 is 1.86 bits per heavy atom. The molecule has 5 rings (SSSR count). The summed E-state index contributed by atoms with van der Waals surface area (Å²) in [5, 5.41) is 3.50. The van der Waals surface area contributed by atoms with Crippen LogP contribution in [0.5, 0.6) is 0 Å². The Balaban J connectivity index is 1.26. The van der Waals surface area contributed by atoms with Crippen LogP contribution in [0.4, 0.5) is 5.82 Å². The number of nitrogens with zero attached hydrogens (tertiary/aromatic N) is 4. The van der Waals surface area contributed by atoms with Crippen LogP contribution in [0.2, 0.25) is 0 Å². The first-order valence-electron chi connectivity index (χ1n) is 11.5. The summed E-state index contributed by atoms with van der Waals surface area (Å²) >= 11 is 0. The fourth-order valence-corrected chi connectivity index (χ4v) is 5.63. The maximum absolute atomic E-state index is 13.4. The Hall–Kier alpha value is -3.51. The van der Waals surface area contributed by atoms with Gasteiger partial charge in [0.05, 0.1) is 15.8 Å². The number of aromatic amines is 1. The molecule has 1 spiro atoms. The number of sulfonamides is 1. The van der Waals surface area contributed by atoms with Crippen molar-refractivity contribution in [3.05, 3.63) is 48.4 Å². The lowest BCUT2D eigenvalue weighted by molar-refractivity contribution is -0.118. The van der Waals surface area contributed by atoms with Crippen molar-refractivity contribution in [3.63, 3.8) is 0 Å². The van der Waals surface area contributed by atoms with Gasteiger partial charge in [0.2, 0.25) is 15.9 Å². The zero-order chi connectivity index (χ0) is 24.6. The Bertz CT molecular complexity index is 1370. The van der Waals surface area contributed by atoms with Crippen LogP contribution < -0.4 is 14.9 Å². The number of benzene rings is 1. The van der Waals surface area contributed by atoms with Gasteiger partial charge < -0.3 is 20.1 Å². The van der Waals surface area contributed by atoms with E-state index in [9.17, 15) is 18.0 Å². The third-order valence-electron chi connectivity index (χ3n) is 6.56. The summed E-state index contributed by atoms with van der Waals surface area (Å²) < 4.78 is 27.4. The summed E-state index contributed by atoms with van der Waals surface area (Å²) in [6.07, 6.45) is 5.23. The number of carbonyl (C=O) groups excluding carboxylic acids is 2. The zero-order valence-electron chi connectivity index (χ0n) is 19.3. The van der Waals surface area contributed by atoms with E-state index in [1.165, 1.54) is 19.1 Å². The fraction of sp³-hybridized carbons (Fsp3) is 0.391. The van der Waals surface area contributed by atoms with E-state index < -0.39 is 10.0 Å². The maximum atomic E-state index is 13.4. The molecule has 3 heterocycles. The lowest BCUT2D eigenvalue weighted by atomic mass is 10.1. The molecule has 2 amide bonds. The molecule has 0 bridgehead atoms. The van der Waals surface area contributed by atoms with E-state index in [1.807, 2.05) is 17.2 Å². The predicted molar refractivity (Wildman–Crippen MR) is 129 cm³/mol. The molecule has 2 aromatic heterocycles. The standard InChI is InChI=1S/C23H27N7O4S/c1-16(31)24-10-11-28-35(33,34)18-4-2-17(3-5-18)22(32)30-13-12-29(14-23(30)7-8-23)21-19-6-9-25-20(19)26-15-27-21/h2-6,9,15,28H,7-8,10-14H2,1H3,(H,24,31)(H,25,26,27). The zero-order valence-corrected chi connectivity index (χ0v) is 20.1. The van der Waals surface area contributed by atoms with Gasteiger partial charge in [-0.1, -0.05) is 0 Å². The van der Waals surface area contributed by atoms with Crippen molar-refractivity contribution in [1.82, 2.24) is 29.9 Å². The van der Waals surface area contributed by atoms with E-state index in [0.717, 1.165) is 29.7 Å². The molecule has 0 atom stereocenters. The van der Waals surface area contributed by atoms with Crippen molar-refractivity contribution in [2.24, 2.45) is 0 Å². The summed E-state index contributed by atoms with van der Waals surface area (Å²) in [6.45, 7) is 3.54. The highest BCUT2D eigenvalue weighted by Gasteiger charge is 2.53. The van der Waals surface area contributed by atoms with Gasteiger partial charge in [0, 0.05) is 51.4 Å². The van der Waals surface area contributed by atoms with Crippen LogP contribution in [0.1, 0.15) is 30.1 Å². The first-order chi connectivity index (χ1) is 16.8. The van der Waals surface area contributed by atoms with Crippen LogP contribution in [0, 0.1) is 0 Å². The number of carbonyl (C=O) groups is 2. The average molecular weight is 498 g/mol. The van der Waals surface area contributed by atoms with Crippen LogP contribution in [0.15, 0.2) is 47.8 Å². The van der Waals surface area contributed by atoms with Crippen molar-refractivity contribution in [2.75, 3.05) is 37.6 Å². The van der Waals surface area contributed by atoms with Gasteiger partial charge in [0.25, 0.3) is 5.91 Å². The van der Waals surface area contributed by atoms with E-state index in [2.05, 4.69) is 29.9 Å². The number of nitrogens with one attached hydrogen (secondary N) is 3. The first kappa shape index (κ1) is 23.2. The first-order valence-corrected chi connectivity index (χ1v) is 13.0. The van der Waals surface area contributed by atoms with Crippen molar-refractivity contribution >= 4 is 38.7 Å². The van der Waals surface area contributed by atoms with Gasteiger partial charge >= 0.3 is 0 Å². The van der Waals surface area contributed by atoms with Crippen LogP contribution in [0.3, 0.4) is 0 Å². The largest absolute Gasteiger partial charge is 0.355 e. The fourth-order valence-electron chi connectivity index (χ4n) is 4.60. The van der Waals surface area contributed by atoms with Crippen molar-refractivity contribution < 1.29 is 18.0 Å². The third kappa shape index (κ3) is 4.58. The highest BCUT2D eigenvalue weighted by Crippen LogP contribution is 2.46. The second-order valence-electron chi connectivity index (χ2n) is 8.95. The number of anilines is 1. The van der Waals surface area contributed by atoms with Gasteiger partial charge in [0.15, 0.2) is 0 Å². The van der Waals surface area contributed by atoms with Gasteiger partial charge in [-0.05, 0) is 43.2 Å². The topological polar surface area (TPSA) is 140 Å².